The molecular formula is C16H14ClFO2. The molecule has 4 heteroatoms. The minimum atomic E-state index is -0.866. The van der Waals surface area contributed by atoms with E-state index in [1.807, 2.05) is 18.2 Å². The van der Waals surface area contributed by atoms with E-state index in [0.717, 1.165) is 11.1 Å². The normalized spacial score (nSPS) is 12.1. The Labute approximate surface area is 121 Å². The Morgan fingerprint density at radius 3 is 2.50 bits per heavy atom. The highest BCUT2D eigenvalue weighted by atomic mass is 35.5. The summed E-state index contributed by atoms with van der Waals surface area (Å²) in [6.07, 6.45) is 0.912. The third-order valence-electron chi connectivity index (χ3n) is 3.22. The van der Waals surface area contributed by atoms with Gasteiger partial charge in [0.2, 0.25) is 0 Å². The molecule has 2 nitrogen and oxygen atoms in total. The molecule has 0 aliphatic heterocycles. The molecule has 0 aliphatic rings. The molecule has 20 heavy (non-hydrogen) atoms. The van der Waals surface area contributed by atoms with Crippen LogP contribution in [0.25, 0.3) is 0 Å². The second kappa shape index (κ2) is 6.53. The first-order valence-corrected chi connectivity index (χ1v) is 6.67. The standard InChI is InChI=1S/C16H14ClFO2/c17-15-10-13(18)8-6-12(15)7-9-14(16(19)20)11-4-2-1-3-5-11/h1-6,8,10,14H,7,9H2,(H,19,20). The molecule has 0 aliphatic carbocycles. The topological polar surface area (TPSA) is 37.3 Å². The average molecular weight is 293 g/mol. The lowest BCUT2D eigenvalue weighted by molar-refractivity contribution is -0.138. The summed E-state index contributed by atoms with van der Waals surface area (Å²) in [5.41, 5.74) is 1.52. The average Bonchev–Trinajstić information content (AvgIpc) is 2.42. The predicted molar refractivity (Wildman–Crippen MR) is 76.5 cm³/mol. The molecule has 2 rings (SSSR count). The fourth-order valence-corrected chi connectivity index (χ4v) is 2.40. The summed E-state index contributed by atoms with van der Waals surface area (Å²) >= 11 is 5.95. The quantitative estimate of drug-likeness (QED) is 0.893. The maximum absolute atomic E-state index is 13.0. The summed E-state index contributed by atoms with van der Waals surface area (Å²) in [5.74, 6) is -1.84. The van der Waals surface area contributed by atoms with Crippen molar-refractivity contribution in [3.05, 3.63) is 70.5 Å². The van der Waals surface area contributed by atoms with E-state index in [1.54, 1.807) is 18.2 Å². The van der Waals surface area contributed by atoms with E-state index in [0.29, 0.717) is 17.9 Å². The van der Waals surface area contributed by atoms with E-state index in [9.17, 15) is 14.3 Å². The molecule has 0 amide bonds. The van der Waals surface area contributed by atoms with Gasteiger partial charge in [-0.05, 0) is 36.1 Å². The largest absolute Gasteiger partial charge is 0.481 e. The number of aliphatic carboxylic acids is 1. The summed E-state index contributed by atoms with van der Waals surface area (Å²) in [7, 11) is 0. The lowest BCUT2D eigenvalue weighted by atomic mass is 9.92. The van der Waals surface area contributed by atoms with Crippen LogP contribution < -0.4 is 0 Å². The monoisotopic (exact) mass is 292 g/mol. The van der Waals surface area contributed by atoms with Crippen LogP contribution in [-0.4, -0.2) is 11.1 Å². The van der Waals surface area contributed by atoms with Crippen LogP contribution in [0.4, 0.5) is 4.39 Å². The van der Waals surface area contributed by atoms with E-state index < -0.39 is 17.7 Å². The van der Waals surface area contributed by atoms with Crippen molar-refractivity contribution in [3.63, 3.8) is 0 Å². The summed E-state index contributed by atoms with van der Waals surface area (Å²) in [5, 5.41) is 9.66. The SMILES string of the molecule is O=C(O)C(CCc1ccc(F)cc1Cl)c1ccccc1. The maximum atomic E-state index is 13.0. The summed E-state index contributed by atoms with van der Waals surface area (Å²) in [4.78, 5) is 11.4. The molecule has 0 aromatic heterocycles. The molecule has 0 fully saturated rings. The Balaban J connectivity index is 2.12. The first-order valence-electron chi connectivity index (χ1n) is 6.29. The number of rotatable bonds is 5. The van der Waals surface area contributed by atoms with Crippen molar-refractivity contribution in [3.8, 4) is 0 Å². The number of carbonyl (C=O) groups is 1. The molecule has 1 atom stereocenters. The first kappa shape index (κ1) is 14.5. The van der Waals surface area contributed by atoms with Crippen LogP contribution in [0.3, 0.4) is 0 Å². The highest BCUT2D eigenvalue weighted by Crippen LogP contribution is 2.25. The Morgan fingerprint density at radius 2 is 1.90 bits per heavy atom. The second-order valence-corrected chi connectivity index (χ2v) is 4.98. The predicted octanol–water partition coefficient (Wildman–Crippen LogP) is 4.28. The molecule has 2 aromatic carbocycles. The Morgan fingerprint density at radius 1 is 1.20 bits per heavy atom. The van der Waals surface area contributed by atoms with Crippen molar-refractivity contribution < 1.29 is 14.3 Å². The van der Waals surface area contributed by atoms with Gasteiger partial charge in [0.05, 0.1) is 5.92 Å². The van der Waals surface area contributed by atoms with E-state index in [4.69, 9.17) is 11.6 Å². The highest BCUT2D eigenvalue weighted by Gasteiger charge is 2.19. The van der Waals surface area contributed by atoms with Gasteiger partial charge in [0.25, 0.3) is 0 Å². The van der Waals surface area contributed by atoms with E-state index in [2.05, 4.69) is 0 Å². The first-order chi connectivity index (χ1) is 9.58. The molecule has 0 bridgehead atoms. The van der Waals surface area contributed by atoms with Crippen molar-refractivity contribution in [2.24, 2.45) is 0 Å². The Hall–Kier alpha value is -1.87. The molecule has 0 saturated carbocycles. The molecule has 0 spiro atoms. The molecule has 1 unspecified atom stereocenters. The lowest BCUT2D eigenvalue weighted by Crippen LogP contribution is -2.12. The minimum Gasteiger partial charge on any atom is -0.481 e. The number of carboxylic acids is 1. The van der Waals surface area contributed by atoms with Crippen molar-refractivity contribution in [1.82, 2.24) is 0 Å². The van der Waals surface area contributed by atoms with Crippen LogP contribution in [0, 0.1) is 5.82 Å². The maximum Gasteiger partial charge on any atom is 0.310 e. The summed E-state index contributed by atoms with van der Waals surface area (Å²) in [6, 6.07) is 13.2. The van der Waals surface area contributed by atoms with Crippen LogP contribution in [0.15, 0.2) is 48.5 Å². The van der Waals surface area contributed by atoms with Crippen molar-refractivity contribution >= 4 is 17.6 Å². The zero-order valence-electron chi connectivity index (χ0n) is 10.7. The molecule has 0 radical (unpaired) electrons. The fraction of sp³-hybridized carbons (Fsp3) is 0.188. The number of hydrogen-bond acceptors (Lipinski definition) is 1. The number of halogens is 2. The van der Waals surface area contributed by atoms with Crippen LogP contribution in [0.1, 0.15) is 23.5 Å². The zero-order valence-corrected chi connectivity index (χ0v) is 11.5. The van der Waals surface area contributed by atoms with E-state index in [1.165, 1.54) is 12.1 Å². The third-order valence-corrected chi connectivity index (χ3v) is 3.57. The number of carboxylic acid groups (broad SMARTS) is 1. The van der Waals surface area contributed by atoms with Gasteiger partial charge >= 0.3 is 5.97 Å². The Bertz CT molecular complexity index is 599. The van der Waals surface area contributed by atoms with Gasteiger partial charge in [0.1, 0.15) is 5.82 Å². The van der Waals surface area contributed by atoms with Crippen molar-refractivity contribution in [2.75, 3.05) is 0 Å². The van der Waals surface area contributed by atoms with Gasteiger partial charge in [0.15, 0.2) is 0 Å². The summed E-state index contributed by atoms with van der Waals surface area (Å²) < 4.78 is 13.0. The lowest BCUT2D eigenvalue weighted by Gasteiger charge is -2.13. The van der Waals surface area contributed by atoms with E-state index in [-0.39, 0.29) is 0 Å². The third kappa shape index (κ3) is 3.58. The summed E-state index contributed by atoms with van der Waals surface area (Å²) in [6.45, 7) is 0. The molecule has 104 valence electrons. The van der Waals surface area contributed by atoms with Crippen molar-refractivity contribution in [2.45, 2.75) is 18.8 Å². The molecule has 1 N–H and O–H groups in total. The zero-order chi connectivity index (χ0) is 14.5. The Kier molecular flexibility index (Phi) is 4.74. The van der Waals surface area contributed by atoms with Crippen LogP contribution >= 0.6 is 11.6 Å². The van der Waals surface area contributed by atoms with Gasteiger partial charge in [-0.15, -0.1) is 0 Å². The molecule has 2 aromatic rings. The van der Waals surface area contributed by atoms with Crippen molar-refractivity contribution in [1.29, 1.82) is 0 Å². The number of hydrogen-bond donors (Lipinski definition) is 1. The van der Waals surface area contributed by atoms with Crippen LogP contribution in [0.2, 0.25) is 5.02 Å². The van der Waals surface area contributed by atoms with Gasteiger partial charge in [-0.25, -0.2) is 4.39 Å². The number of aryl methyl sites for hydroxylation is 1. The van der Waals surface area contributed by atoms with Gasteiger partial charge < -0.3 is 5.11 Å². The molecular weight excluding hydrogens is 279 g/mol. The molecule has 0 saturated heterocycles. The van der Waals surface area contributed by atoms with Gasteiger partial charge in [-0.3, -0.25) is 4.79 Å². The second-order valence-electron chi connectivity index (χ2n) is 4.58. The van der Waals surface area contributed by atoms with Gasteiger partial charge in [-0.1, -0.05) is 48.0 Å². The number of benzene rings is 2. The minimum absolute atomic E-state index is 0.335. The fourth-order valence-electron chi connectivity index (χ4n) is 2.14. The molecule has 0 heterocycles. The van der Waals surface area contributed by atoms with E-state index >= 15 is 0 Å². The smallest absolute Gasteiger partial charge is 0.310 e. The van der Waals surface area contributed by atoms with Gasteiger partial charge in [-0.2, -0.15) is 0 Å². The van der Waals surface area contributed by atoms with Crippen LogP contribution in [0.5, 0.6) is 0 Å². The highest BCUT2D eigenvalue weighted by molar-refractivity contribution is 6.31. The van der Waals surface area contributed by atoms with Crippen LogP contribution in [-0.2, 0) is 11.2 Å². The van der Waals surface area contributed by atoms with Gasteiger partial charge in [0, 0.05) is 5.02 Å².